The third-order valence-electron chi connectivity index (χ3n) is 3.93. The number of methoxy groups -OCH3 is 1. The average molecular weight is 420 g/mol. The summed E-state index contributed by atoms with van der Waals surface area (Å²) >= 11 is 0. The highest BCUT2D eigenvalue weighted by Crippen LogP contribution is 2.29. The van der Waals surface area contributed by atoms with Crippen LogP contribution in [0, 0.1) is 0 Å². The van der Waals surface area contributed by atoms with Crippen molar-refractivity contribution in [2.45, 2.75) is 26.6 Å². The molecule has 0 amide bonds. The van der Waals surface area contributed by atoms with Crippen LogP contribution in [0.5, 0.6) is 17.2 Å². The van der Waals surface area contributed by atoms with E-state index in [1.165, 1.54) is 38.3 Å². The molecule has 1 atom stereocenters. The van der Waals surface area contributed by atoms with E-state index >= 15 is 0 Å². The Morgan fingerprint density at radius 2 is 1.77 bits per heavy atom. The molecule has 0 aliphatic rings. The van der Waals surface area contributed by atoms with Gasteiger partial charge in [0.1, 0.15) is 5.75 Å². The molecule has 0 saturated carbocycles. The molecule has 2 aromatic carbocycles. The molecule has 0 fully saturated rings. The van der Waals surface area contributed by atoms with Gasteiger partial charge in [-0.3, -0.25) is 4.79 Å². The fraction of sp³-hybridized carbons (Fsp3) is 0.273. The first-order valence-corrected chi connectivity index (χ1v) is 9.12. The van der Waals surface area contributed by atoms with Gasteiger partial charge in [0, 0.05) is 11.6 Å². The second kappa shape index (κ2) is 10.9. The van der Waals surface area contributed by atoms with Gasteiger partial charge in [-0.05, 0) is 61.9 Å². The van der Waals surface area contributed by atoms with Crippen molar-refractivity contribution in [2.75, 3.05) is 13.7 Å². The smallest absolute Gasteiger partial charge is 0.387 e. The zero-order valence-electron chi connectivity index (χ0n) is 16.8. The lowest BCUT2D eigenvalue weighted by molar-refractivity contribution is -0.140. The second-order valence-electron chi connectivity index (χ2n) is 6.02. The van der Waals surface area contributed by atoms with Crippen molar-refractivity contribution in [1.29, 1.82) is 0 Å². The first-order chi connectivity index (χ1) is 14.3. The van der Waals surface area contributed by atoms with Gasteiger partial charge < -0.3 is 18.9 Å². The van der Waals surface area contributed by atoms with Crippen molar-refractivity contribution in [1.82, 2.24) is 0 Å². The van der Waals surface area contributed by atoms with E-state index in [9.17, 15) is 18.4 Å². The highest BCUT2D eigenvalue weighted by Gasteiger charge is 2.18. The molecule has 0 N–H and O–H groups in total. The number of ether oxygens (including phenoxy) is 4. The molecule has 2 aromatic rings. The van der Waals surface area contributed by atoms with E-state index in [0.29, 0.717) is 23.5 Å². The van der Waals surface area contributed by atoms with E-state index < -0.39 is 18.7 Å². The Labute approximate surface area is 173 Å². The molecule has 0 saturated heterocycles. The maximum absolute atomic E-state index is 12.4. The van der Waals surface area contributed by atoms with E-state index in [1.54, 1.807) is 24.3 Å². The highest BCUT2D eigenvalue weighted by atomic mass is 19.3. The van der Waals surface area contributed by atoms with E-state index in [1.807, 2.05) is 6.92 Å². The van der Waals surface area contributed by atoms with Gasteiger partial charge in [-0.25, -0.2) is 4.79 Å². The standard InChI is InChI=1S/C22H22F2O6/c1-4-28-17-9-7-16(8-10-17)21(26)14(2)29-20(25)12-6-15-5-11-18(30-22(23)24)19(13-15)27-3/h5-14,22H,4H2,1-3H3/b12-6+/t14-/m1/s1. The van der Waals surface area contributed by atoms with Crippen LogP contribution in [-0.4, -0.2) is 38.2 Å². The molecule has 0 spiro atoms. The summed E-state index contributed by atoms with van der Waals surface area (Å²) in [5.74, 6) is -0.475. The van der Waals surface area contributed by atoms with Gasteiger partial charge in [-0.2, -0.15) is 8.78 Å². The molecule has 8 heteroatoms. The van der Waals surface area contributed by atoms with Crippen LogP contribution in [0.15, 0.2) is 48.5 Å². The van der Waals surface area contributed by atoms with E-state index in [4.69, 9.17) is 14.2 Å². The summed E-state index contributed by atoms with van der Waals surface area (Å²) in [5, 5.41) is 0. The topological polar surface area (TPSA) is 71.1 Å². The van der Waals surface area contributed by atoms with Crippen LogP contribution in [0.4, 0.5) is 8.78 Å². The Kier molecular flexibility index (Phi) is 8.34. The number of hydrogen-bond donors (Lipinski definition) is 0. The minimum Gasteiger partial charge on any atom is -0.494 e. The van der Waals surface area contributed by atoms with Crippen LogP contribution in [-0.2, 0) is 9.53 Å². The molecule has 0 bridgehead atoms. The lowest BCUT2D eigenvalue weighted by Gasteiger charge is -2.12. The molecule has 160 valence electrons. The van der Waals surface area contributed by atoms with Gasteiger partial charge in [0.25, 0.3) is 0 Å². The Hall–Kier alpha value is -3.42. The van der Waals surface area contributed by atoms with Crippen molar-refractivity contribution >= 4 is 17.8 Å². The highest BCUT2D eigenvalue weighted by molar-refractivity contribution is 6.01. The Morgan fingerprint density at radius 3 is 2.37 bits per heavy atom. The van der Waals surface area contributed by atoms with Crippen LogP contribution >= 0.6 is 0 Å². The second-order valence-corrected chi connectivity index (χ2v) is 6.02. The van der Waals surface area contributed by atoms with Crippen LogP contribution in [0.3, 0.4) is 0 Å². The zero-order valence-corrected chi connectivity index (χ0v) is 16.8. The first-order valence-electron chi connectivity index (χ1n) is 9.12. The van der Waals surface area contributed by atoms with Crippen LogP contribution < -0.4 is 14.2 Å². The predicted molar refractivity (Wildman–Crippen MR) is 106 cm³/mol. The minimum atomic E-state index is -2.98. The molecule has 30 heavy (non-hydrogen) atoms. The maximum Gasteiger partial charge on any atom is 0.387 e. The number of alkyl halides is 2. The number of rotatable bonds is 10. The summed E-state index contributed by atoms with van der Waals surface area (Å²) in [5.41, 5.74) is 0.887. The molecule has 6 nitrogen and oxygen atoms in total. The summed E-state index contributed by atoms with van der Waals surface area (Å²) in [6.07, 6.45) is 1.55. The Morgan fingerprint density at radius 1 is 1.07 bits per heavy atom. The van der Waals surface area contributed by atoms with E-state index in [0.717, 1.165) is 6.08 Å². The van der Waals surface area contributed by atoms with Gasteiger partial charge in [0.05, 0.1) is 13.7 Å². The molecule has 2 rings (SSSR count). The van der Waals surface area contributed by atoms with Gasteiger partial charge in [-0.1, -0.05) is 6.07 Å². The van der Waals surface area contributed by atoms with Crippen molar-refractivity contribution in [3.63, 3.8) is 0 Å². The summed E-state index contributed by atoms with van der Waals surface area (Å²) in [4.78, 5) is 24.4. The molecule has 0 heterocycles. The van der Waals surface area contributed by atoms with E-state index in [-0.39, 0.29) is 17.3 Å². The summed E-state index contributed by atoms with van der Waals surface area (Å²) in [7, 11) is 1.31. The largest absolute Gasteiger partial charge is 0.494 e. The average Bonchev–Trinajstić information content (AvgIpc) is 2.72. The number of carbonyl (C=O) groups excluding carboxylic acids is 2. The zero-order chi connectivity index (χ0) is 22.1. The fourth-order valence-corrected chi connectivity index (χ4v) is 2.53. The number of carbonyl (C=O) groups is 2. The molecular weight excluding hydrogens is 398 g/mol. The molecule has 0 radical (unpaired) electrons. The van der Waals surface area contributed by atoms with Gasteiger partial charge in [0.2, 0.25) is 5.78 Å². The lowest BCUT2D eigenvalue weighted by atomic mass is 10.1. The third-order valence-corrected chi connectivity index (χ3v) is 3.93. The normalized spacial score (nSPS) is 11.9. The van der Waals surface area contributed by atoms with Gasteiger partial charge in [0.15, 0.2) is 17.6 Å². The minimum absolute atomic E-state index is 0.0878. The number of halogens is 2. The van der Waals surface area contributed by atoms with Crippen LogP contribution in [0.1, 0.15) is 29.8 Å². The van der Waals surface area contributed by atoms with Crippen molar-refractivity contribution in [3.05, 3.63) is 59.7 Å². The number of esters is 1. The number of ketones is 1. The predicted octanol–water partition coefficient (Wildman–Crippen LogP) is 4.52. The summed E-state index contributed by atoms with van der Waals surface area (Å²) < 4.78 is 44.5. The first kappa shape index (κ1) is 22.9. The number of Topliss-reactive ketones (excluding diaryl/α,β-unsaturated/α-hetero) is 1. The van der Waals surface area contributed by atoms with E-state index in [2.05, 4.69) is 4.74 Å². The fourth-order valence-electron chi connectivity index (χ4n) is 2.53. The Balaban J connectivity index is 1.98. The van der Waals surface area contributed by atoms with Gasteiger partial charge >= 0.3 is 12.6 Å². The number of benzene rings is 2. The quantitative estimate of drug-likeness (QED) is 0.320. The molecular formula is C22H22F2O6. The summed E-state index contributed by atoms with van der Waals surface area (Å²) in [6, 6.07) is 10.7. The van der Waals surface area contributed by atoms with Crippen LogP contribution in [0.2, 0.25) is 0 Å². The molecule has 0 aliphatic heterocycles. The third kappa shape index (κ3) is 6.58. The SMILES string of the molecule is CCOc1ccc(C(=O)[C@@H](C)OC(=O)/C=C/c2ccc(OC(F)F)c(OC)c2)cc1. The Bertz CT molecular complexity index is 893. The van der Waals surface area contributed by atoms with Crippen molar-refractivity contribution in [3.8, 4) is 17.2 Å². The van der Waals surface area contributed by atoms with Crippen LogP contribution in [0.25, 0.3) is 6.08 Å². The number of hydrogen-bond acceptors (Lipinski definition) is 6. The van der Waals surface area contributed by atoms with Crippen molar-refractivity contribution in [2.24, 2.45) is 0 Å². The molecule has 0 unspecified atom stereocenters. The lowest BCUT2D eigenvalue weighted by Crippen LogP contribution is -2.23. The monoisotopic (exact) mass is 420 g/mol. The van der Waals surface area contributed by atoms with Crippen molar-refractivity contribution < 1.29 is 37.3 Å². The molecule has 0 aliphatic carbocycles. The summed E-state index contributed by atoms with van der Waals surface area (Å²) in [6.45, 7) is 0.867. The maximum atomic E-state index is 12.4. The molecule has 0 aromatic heterocycles. The van der Waals surface area contributed by atoms with Gasteiger partial charge in [-0.15, -0.1) is 0 Å².